The number of carbonyl (C=O) groups is 2. The molecule has 21 heteroatoms. The second-order valence-electron chi connectivity index (χ2n) is 14.2. The fraction of sp³-hybridized carbons (Fsp3) is 0.457. The number of aromatic nitrogens is 5. The summed E-state index contributed by atoms with van der Waals surface area (Å²) in [6.45, 7) is -0.232. The summed E-state index contributed by atoms with van der Waals surface area (Å²) in [4.78, 5) is 32.5. The molecule has 0 radical (unpaired) electrons. The number of hydrogen-bond acceptors (Lipinski definition) is 8. The van der Waals surface area contributed by atoms with Crippen LogP contribution < -0.4 is 10.6 Å². The van der Waals surface area contributed by atoms with E-state index in [1.165, 1.54) is 24.4 Å². The molecule has 3 aliphatic rings. The summed E-state index contributed by atoms with van der Waals surface area (Å²) in [5, 5.41) is 31.0. The number of rotatable bonds is 13. The van der Waals surface area contributed by atoms with Gasteiger partial charge in [0.2, 0.25) is 0 Å². The van der Waals surface area contributed by atoms with Crippen molar-refractivity contribution in [2.75, 3.05) is 6.61 Å². The van der Waals surface area contributed by atoms with Gasteiger partial charge in [-0.15, -0.1) is 0 Å². The number of nitriles is 1. The summed E-state index contributed by atoms with van der Waals surface area (Å²) >= 11 is 6.41. The van der Waals surface area contributed by atoms with E-state index in [0.717, 1.165) is 22.1 Å². The van der Waals surface area contributed by atoms with Crippen LogP contribution in [0.4, 0.5) is 35.5 Å². The Morgan fingerprint density at radius 3 is 2.54 bits per heavy atom. The summed E-state index contributed by atoms with van der Waals surface area (Å²) in [5.74, 6) is -2.46. The molecule has 3 aromatic rings. The van der Waals surface area contributed by atoms with Gasteiger partial charge < -0.3 is 15.4 Å². The Hall–Kier alpha value is -5.45. The molecule has 4 atom stereocenters. The van der Waals surface area contributed by atoms with E-state index >= 15 is 4.79 Å². The van der Waals surface area contributed by atoms with Gasteiger partial charge in [-0.25, -0.2) is 27.9 Å². The van der Waals surface area contributed by atoms with Crippen molar-refractivity contribution in [2.24, 2.45) is 11.3 Å². The molecular formula is C35H34ClF7N10O3. The lowest BCUT2D eigenvalue weighted by atomic mass is 9.62. The Balaban J connectivity index is 1.39. The SMILES string of the molecule is C[C@@H](CC#N)C[C@]1(C2(C)C=CC(c3cnn(C(F)F)c3)=CC2)NC(=N)N([C@H](COC(=O)NC2(C(F)(F)F)CC2)c2ccc(Cl)c(-n3ncnc3C(F)F)c2)C1=O. The van der Waals surface area contributed by atoms with Crippen LogP contribution in [0.1, 0.15) is 81.9 Å². The van der Waals surface area contributed by atoms with Crippen molar-refractivity contribution in [3.8, 4) is 11.8 Å². The summed E-state index contributed by atoms with van der Waals surface area (Å²) < 4.78 is 102. The van der Waals surface area contributed by atoms with E-state index in [1.54, 1.807) is 32.1 Å². The van der Waals surface area contributed by atoms with Crippen molar-refractivity contribution in [1.82, 2.24) is 40.1 Å². The van der Waals surface area contributed by atoms with Gasteiger partial charge in [-0.2, -0.15) is 37.4 Å². The van der Waals surface area contributed by atoms with E-state index in [9.17, 15) is 40.8 Å². The zero-order chi connectivity index (χ0) is 40.8. The molecule has 2 aliphatic carbocycles. The second kappa shape index (κ2) is 14.9. The first-order chi connectivity index (χ1) is 26.3. The standard InChI is InChI=1S/C35H34ClF7N10O3/c1-19(7-12-44)14-34(32(2)8-5-20(6-9-32)22-15-47-51(16-22)29(39)40)28(54)52(30(45)49-34)25(17-56-31(55)50-33(10-11-33)35(41,42)43)21-3-4-23(36)24(13-21)53-27(26(37)38)46-18-48-53/h3-6,8,13,15-16,18-19,25-26,29H,7,9-11,14,17H2,1-2H3,(H2,45,49)(H,50,55)/t19-,25+,32?,34-/m0/s1. The molecule has 56 heavy (non-hydrogen) atoms. The van der Waals surface area contributed by atoms with E-state index in [2.05, 4.69) is 26.6 Å². The third kappa shape index (κ3) is 7.31. The fourth-order valence-corrected chi connectivity index (χ4v) is 7.28. The van der Waals surface area contributed by atoms with Crippen LogP contribution in [-0.4, -0.2) is 71.3 Å². The van der Waals surface area contributed by atoms with Crippen molar-refractivity contribution in [1.29, 1.82) is 10.7 Å². The van der Waals surface area contributed by atoms with Crippen molar-refractivity contribution in [3.63, 3.8) is 0 Å². The van der Waals surface area contributed by atoms with E-state index in [1.807, 2.05) is 5.32 Å². The van der Waals surface area contributed by atoms with Gasteiger partial charge in [0.15, 0.2) is 11.8 Å². The quantitative estimate of drug-likeness (QED) is 0.150. The first kappa shape index (κ1) is 40.2. The number of hydrogen-bond donors (Lipinski definition) is 3. The van der Waals surface area contributed by atoms with Gasteiger partial charge in [0, 0.05) is 23.6 Å². The Morgan fingerprint density at radius 1 is 1.21 bits per heavy atom. The van der Waals surface area contributed by atoms with E-state index in [4.69, 9.17) is 21.7 Å². The zero-order valence-corrected chi connectivity index (χ0v) is 30.4. The minimum atomic E-state index is -4.77. The number of allylic oxidation sites excluding steroid dienone is 3. The van der Waals surface area contributed by atoms with Crippen LogP contribution in [0.25, 0.3) is 11.3 Å². The van der Waals surface area contributed by atoms with Crippen LogP contribution in [-0.2, 0) is 9.53 Å². The number of alkyl halides is 7. The van der Waals surface area contributed by atoms with E-state index in [-0.39, 0.29) is 48.4 Å². The maximum absolute atomic E-state index is 15.1. The molecule has 1 aliphatic heterocycles. The first-order valence-corrected chi connectivity index (χ1v) is 17.5. The van der Waals surface area contributed by atoms with Crippen LogP contribution in [0.15, 0.2) is 55.1 Å². The van der Waals surface area contributed by atoms with E-state index < -0.39 is 78.0 Å². The minimum Gasteiger partial charge on any atom is -0.447 e. The number of nitrogens with zero attached hydrogens (tertiary/aromatic N) is 7. The predicted octanol–water partition coefficient (Wildman–Crippen LogP) is 7.41. The van der Waals surface area contributed by atoms with Gasteiger partial charge in [0.1, 0.15) is 24.0 Å². The smallest absolute Gasteiger partial charge is 0.411 e. The van der Waals surface area contributed by atoms with E-state index in [0.29, 0.717) is 15.8 Å². The molecule has 2 fully saturated rings. The lowest BCUT2D eigenvalue weighted by Gasteiger charge is -2.45. The van der Waals surface area contributed by atoms with Gasteiger partial charge in [-0.1, -0.05) is 49.7 Å². The maximum Gasteiger partial charge on any atom is 0.411 e. The number of carbonyl (C=O) groups excluding carboxylic acids is 2. The number of halogens is 8. The number of ether oxygens (including phenoxy) is 1. The molecule has 1 unspecified atom stereocenters. The average molecular weight is 811 g/mol. The number of guanidine groups is 1. The van der Waals surface area contributed by atoms with Crippen molar-refractivity contribution < 1.29 is 45.1 Å². The average Bonchev–Trinajstić information content (AvgIpc) is 3.44. The number of amides is 2. The van der Waals surface area contributed by atoms with Crippen molar-refractivity contribution in [2.45, 2.75) is 82.2 Å². The highest BCUT2D eigenvalue weighted by molar-refractivity contribution is 6.32. The summed E-state index contributed by atoms with van der Waals surface area (Å²) in [5.41, 5.74) is -4.48. The second-order valence-corrected chi connectivity index (χ2v) is 14.6. The molecule has 0 spiro atoms. The third-order valence-electron chi connectivity index (χ3n) is 10.4. The van der Waals surface area contributed by atoms with Gasteiger partial charge >= 0.3 is 18.8 Å². The molecule has 2 aromatic heterocycles. The van der Waals surface area contributed by atoms with Crippen molar-refractivity contribution >= 4 is 35.1 Å². The van der Waals surface area contributed by atoms with Crippen LogP contribution in [0, 0.1) is 28.1 Å². The summed E-state index contributed by atoms with van der Waals surface area (Å²) in [7, 11) is 0. The van der Waals surface area contributed by atoms with Gasteiger partial charge in [-0.3, -0.25) is 15.1 Å². The Bertz CT molecular complexity index is 2130. The highest BCUT2D eigenvalue weighted by Crippen LogP contribution is 2.50. The zero-order valence-electron chi connectivity index (χ0n) is 29.6. The highest BCUT2D eigenvalue weighted by atomic mass is 35.5. The van der Waals surface area contributed by atoms with Crippen LogP contribution in [0.2, 0.25) is 5.02 Å². The third-order valence-corrected chi connectivity index (χ3v) is 10.7. The predicted molar refractivity (Wildman–Crippen MR) is 184 cm³/mol. The normalized spacial score (nSPS) is 22.8. The molecule has 1 aromatic carbocycles. The molecule has 1 saturated heterocycles. The van der Waals surface area contributed by atoms with Crippen LogP contribution in [0.5, 0.6) is 0 Å². The first-order valence-electron chi connectivity index (χ1n) is 17.1. The molecule has 298 valence electrons. The molecule has 3 N–H and O–H groups in total. The molecule has 0 bridgehead atoms. The minimum absolute atomic E-state index is 0.0102. The molecule has 3 heterocycles. The van der Waals surface area contributed by atoms with Gasteiger partial charge in [0.05, 0.1) is 29.0 Å². The molecule has 2 amide bonds. The lowest BCUT2D eigenvalue weighted by molar-refractivity contribution is -0.164. The Kier molecular flexibility index (Phi) is 10.7. The monoisotopic (exact) mass is 810 g/mol. The largest absolute Gasteiger partial charge is 0.447 e. The summed E-state index contributed by atoms with van der Waals surface area (Å²) in [6, 6.07) is 4.52. The van der Waals surface area contributed by atoms with Crippen LogP contribution >= 0.6 is 11.6 Å². The molecule has 13 nitrogen and oxygen atoms in total. The maximum atomic E-state index is 15.1. The molecule has 6 rings (SSSR count). The highest BCUT2D eigenvalue weighted by Gasteiger charge is 2.65. The fourth-order valence-electron chi connectivity index (χ4n) is 7.08. The van der Waals surface area contributed by atoms with Crippen LogP contribution in [0.3, 0.4) is 0 Å². The summed E-state index contributed by atoms with van der Waals surface area (Å²) in [6.07, 6.45) is -1.63. The topological polar surface area (TPSA) is 167 Å². The molecule has 1 saturated carbocycles. The number of benzene rings is 1. The van der Waals surface area contributed by atoms with Gasteiger partial charge in [0.25, 0.3) is 12.3 Å². The molecular weight excluding hydrogens is 777 g/mol. The Labute approximate surface area is 319 Å². The van der Waals surface area contributed by atoms with Gasteiger partial charge in [-0.05, 0) is 54.9 Å². The lowest BCUT2D eigenvalue weighted by Crippen LogP contribution is -2.59. The Morgan fingerprint density at radius 2 is 1.95 bits per heavy atom. The van der Waals surface area contributed by atoms with Crippen molar-refractivity contribution in [3.05, 3.63) is 77.1 Å². The number of alkyl carbamates (subject to hydrolysis) is 1. The number of nitrogens with one attached hydrogen (secondary N) is 3.